The first-order chi connectivity index (χ1) is 9.97. The van der Waals surface area contributed by atoms with E-state index in [4.69, 9.17) is 5.11 Å². The van der Waals surface area contributed by atoms with Crippen molar-refractivity contribution in [2.45, 2.75) is 70.8 Å². The minimum absolute atomic E-state index is 0.0273. The number of nitrogens with one attached hydrogen (secondary N) is 1. The lowest BCUT2D eigenvalue weighted by atomic mass is 9.48. The molecule has 4 bridgehead atoms. The maximum atomic E-state index is 12.0. The van der Waals surface area contributed by atoms with Gasteiger partial charge in [-0.3, -0.25) is 9.59 Å². The largest absolute Gasteiger partial charge is 0.481 e. The molecule has 0 unspecified atom stereocenters. The van der Waals surface area contributed by atoms with Gasteiger partial charge in [0.15, 0.2) is 0 Å². The van der Waals surface area contributed by atoms with Gasteiger partial charge in [0.25, 0.3) is 0 Å². The Morgan fingerprint density at radius 2 is 1.62 bits per heavy atom. The molecule has 4 rings (SSSR count). The lowest BCUT2D eigenvalue weighted by Gasteiger charge is -2.59. The summed E-state index contributed by atoms with van der Waals surface area (Å²) in [6, 6.07) is 0.239. The Balaban J connectivity index is 1.54. The molecule has 4 aliphatic carbocycles. The number of carbonyl (C=O) groups is 2. The molecule has 0 aromatic rings. The molecular formula is C17H27NO3. The van der Waals surface area contributed by atoms with Gasteiger partial charge in [0, 0.05) is 18.9 Å². The highest BCUT2D eigenvalue weighted by Gasteiger charge is 2.53. The number of carboxylic acids is 1. The van der Waals surface area contributed by atoms with E-state index >= 15 is 0 Å². The van der Waals surface area contributed by atoms with Gasteiger partial charge in [-0.15, -0.1) is 0 Å². The van der Waals surface area contributed by atoms with Crippen LogP contribution in [0.2, 0.25) is 0 Å². The highest BCUT2D eigenvalue weighted by atomic mass is 16.4. The summed E-state index contributed by atoms with van der Waals surface area (Å²) in [7, 11) is 0. The maximum Gasteiger partial charge on any atom is 0.303 e. The van der Waals surface area contributed by atoms with Crippen LogP contribution in [0.5, 0.6) is 0 Å². The van der Waals surface area contributed by atoms with Crippen molar-refractivity contribution in [3.63, 3.8) is 0 Å². The Hall–Kier alpha value is -1.06. The van der Waals surface area contributed by atoms with Crippen LogP contribution < -0.4 is 5.32 Å². The molecule has 0 aromatic heterocycles. The van der Waals surface area contributed by atoms with Crippen molar-refractivity contribution in [2.24, 2.45) is 23.2 Å². The number of rotatable bonds is 6. The second kappa shape index (κ2) is 5.62. The Kier molecular flexibility index (Phi) is 3.98. The van der Waals surface area contributed by atoms with E-state index in [-0.39, 0.29) is 18.4 Å². The minimum atomic E-state index is -0.822. The third kappa shape index (κ3) is 3.09. The van der Waals surface area contributed by atoms with Crippen LogP contribution in [0, 0.1) is 23.2 Å². The van der Waals surface area contributed by atoms with E-state index in [2.05, 4.69) is 12.2 Å². The van der Waals surface area contributed by atoms with E-state index in [1.807, 2.05) is 0 Å². The third-order valence-corrected chi connectivity index (χ3v) is 6.18. The predicted octanol–water partition coefficient (Wildman–Crippen LogP) is 2.96. The summed E-state index contributed by atoms with van der Waals surface area (Å²) in [6.45, 7) is 2.17. The molecule has 4 aliphatic rings. The van der Waals surface area contributed by atoms with Crippen LogP contribution in [-0.4, -0.2) is 23.0 Å². The number of hydrogen-bond acceptors (Lipinski definition) is 2. The fourth-order valence-corrected chi connectivity index (χ4v) is 5.57. The molecule has 4 saturated carbocycles. The fourth-order valence-electron chi connectivity index (χ4n) is 5.57. The van der Waals surface area contributed by atoms with Crippen LogP contribution in [0.15, 0.2) is 0 Å². The topological polar surface area (TPSA) is 66.4 Å². The maximum absolute atomic E-state index is 12.0. The highest BCUT2D eigenvalue weighted by molar-refractivity contribution is 5.77. The molecule has 2 N–H and O–H groups in total. The predicted molar refractivity (Wildman–Crippen MR) is 79.7 cm³/mol. The Morgan fingerprint density at radius 1 is 1.10 bits per heavy atom. The summed E-state index contributed by atoms with van der Waals surface area (Å²) in [4.78, 5) is 22.5. The molecule has 0 spiro atoms. The summed E-state index contributed by atoms with van der Waals surface area (Å²) >= 11 is 0. The molecule has 4 heteroatoms. The van der Waals surface area contributed by atoms with Gasteiger partial charge < -0.3 is 10.4 Å². The van der Waals surface area contributed by atoms with Gasteiger partial charge in [-0.05, 0) is 75.0 Å². The van der Waals surface area contributed by atoms with E-state index in [0.717, 1.165) is 17.8 Å². The van der Waals surface area contributed by atoms with Crippen LogP contribution in [0.25, 0.3) is 0 Å². The van der Waals surface area contributed by atoms with Gasteiger partial charge in [-0.25, -0.2) is 0 Å². The van der Waals surface area contributed by atoms with E-state index in [1.54, 1.807) is 0 Å². The summed E-state index contributed by atoms with van der Waals surface area (Å²) in [5, 5.41) is 11.8. The van der Waals surface area contributed by atoms with E-state index in [1.165, 1.54) is 38.5 Å². The van der Waals surface area contributed by atoms with Crippen LogP contribution in [0.4, 0.5) is 0 Å². The minimum Gasteiger partial charge on any atom is -0.481 e. The molecule has 118 valence electrons. The van der Waals surface area contributed by atoms with Gasteiger partial charge in [-0.2, -0.15) is 0 Å². The molecule has 0 radical (unpaired) electrons. The van der Waals surface area contributed by atoms with Gasteiger partial charge in [0.2, 0.25) is 5.91 Å². The second-order valence-corrected chi connectivity index (χ2v) is 7.82. The zero-order valence-corrected chi connectivity index (χ0v) is 12.9. The van der Waals surface area contributed by atoms with Crippen LogP contribution in [-0.2, 0) is 9.59 Å². The lowest BCUT2D eigenvalue weighted by Crippen LogP contribution is -2.55. The second-order valence-electron chi connectivity index (χ2n) is 7.82. The molecule has 4 fully saturated rings. The van der Waals surface area contributed by atoms with Crippen LogP contribution >= 0.6 is 0 Å². The summed E-state index contributed by atoms with van der Waals surface area (Å²) in [6.07, 6.45) is 8.97. The molecule has 4 nitrogen and oxygen atoms in total. The fraction of sp³-hybridized carbons (Fsp3) is 0.882. The zero-order chi connectivity index (χ0) is 15.0. The number of carboxylic acid groups (broad SMARTS) is 1. The smallest absolute Gasteiger partial charge is 0.303 e. The monoisotopic (exact) mass is 293 g/mol. The molecule has 21 heavy (non-hydrogen) atoms. The summed E-state index contributed by atoms with van der Waals surface area (Å²) < 4.78 is 0. The van der Waals surface area contributed by atoms with E-state index < -0.39 is 5.97 Å². The lowest BCUT2D eigenvalue weighted by molar-refractivity contribution is -0.137. The molecular weight excluding hydrogens is 266 g/mol. The molecule has 0 heterocycles. The molecule has 1 amide bonds. The van der Waals surface area contributed by atoms with E-state index in [0.29, 0.717) is 18.3 Å². The van der Waals surface area contributed by atoms with Gasteiger partial charge in [-0.1, -0.05) is 0 Å². The molecule has 0 saturated heterocycles. The standard InChI is InChI=1S/C17H27NO3/c1-11(18-15(19)3-2-4-16(20)21)17-8-12-5-13(9-17)7-14(6-12)10-17/h11-14H,2-10H2,1H3,(H,18,19)(H,20,21)/t11-,12?,13?,14?,17?/m1/s1. The Morgan fingerprint density at radius 3 is 2.10 bits per heavy atom. The first-order valence-corrected chi connectivity index (χ1v) is 8.48. The average Bonchev–Trinajstić information content (AvgIpc) is 2.36. The summed E-state index contributed by atoms with van der Waals surface area (Å²) in [5.74, 6) is 1.88. The quantitative estimate of drug-likeness (QED) is 0.791. The van der Waals surface area contributed by atoms with Gasteiger partial charge in [0.05, 0.1) is 0 Å². The van der Waals surface area contributed by atoms with Crippen LogP contribution in [0.1, 0.15) is 64.7 Å². The van der Waals surface area contributed by atoms with Crippen molar-refractivity contribution in [3.8, 4) is 0 Å². The van der Waals surface area contributed by atoms with E-state index in [9.17, 15) is 9.59 Å². The SMILES string of the molecule is C[C@@H](NC(=O)CCCC(=O)O)C12CC3CC(CC(C3)C1)C2. The number of aliphatic carboxylic acids is 1. The number of amides is 1. The normalized spacial score (nSPS) is 38.2. The van der Waals surface area contributed by atoms with Crippen molar-refractivity contribution in [1.82, 2.24) is 5.32 Å². The highest BCUT2D eigenvalue weighted by Crippen LogP contribution is 2.61. The summed E-state index contributed by atoms with van der Waals surface area (Å²) in [5.41, 5.74) is 0.331. The van der Waals surface area contributed by atoms with Crippen LogP contribution in [0.3, 0.4) is 0 Å². The van der Waals surface area contributed by atoms with Crippen molar-refractivity contribution in [3.05, 3.63) is 0 Å². The van der Waals surface area contributed by atoms with Crippen molar-refractivity contribution in [1.29, 1.82) is 0 Å². The molecule has 0 aliphatic heterocycles. The van der Waals surface area contributed by atoms with Crippen molar-refractivity contribution < 1.29 is 14.7 Å². The molecule has 0 aromatic carbocycles. The average molecular weight is 293 g/mol. The third-order valence-electron chi connectivity index (χ3n) is 6.18. The Labute approximate surface area is 126 Å². The first kappa shape index (κ1) is 14.9. The number of hydrogen-bond donors (Lipinski definition) is 2. The molecule has 1 atom stereocenters. The van der Waals surface area contributed by atoms with Crippen molar-refractivity contribution in [2.75, 3.05) is 0 Å². The van der Waals surface area contributed by atoms with Gasteiger partial charge >= 0.3 is 5.97 Å². The number of carbonyl (C=O) groups excluding carboxylic acids is 1. The zero-order valence-electron chi connectivity index (χ0n) is 12.9. The van der Waals surface area contributed by atoms with Crippen molar-refractivity contribution >= 4 is 11.9 Å². The van der Waals surface area contributed by atoms with Gasteiger partial charge in [0.1, 0.15) is 0 Å². The first-order valence-electron chi connectivity index (χ1n) is 8.48. The Bertz CT molecular complexity index is 396.